The number of sulfonamides is 1. The number of nitrogens with zero attached hydrogens (tertiary/aromatic N) is 1. The van der Waals surface area contributed by atoms with Crippen molar-refractivity contribution in [3.63, 3.8) is 0 Å². The predicted molar refractivity (Wildman–Crippen MR) is 109 cm³/mol. The van der Waals surface area contributed by atoms with Crippen LogP contribution < -0.4 is 5.32 Å². The number of aromatic amines is 1. The summed E-state index contributed by atoms with van der Waals surface area (Å²) in [4.78, 5) is 16.3. The number of aromatic nitrogens is 1. The average Bonchev–Trinajstić information content (AvgIpc) is 3.03. The van der Waals surface area contributed by atoms with Crippen LogP contribution in [0.3, 0.4) is 0 Å². The number of H-pyrrole nitrogens is 1. The number of amides is 1. The molecule has 1 aliphatic carbocycles. The van der Waals surface area contributed by atoms with Crippen molar-refractivity contribution in [1.82, 2.24) is 14.6 Å². The Morgan fingerprint density at radius 3 is 2.69 bits per heavy atom. The molecule has 4 rings (SSSR count). The lowest BCUT2D eigenvalue weighted by molar-refractivity contribution is 0.0730. The first kappa shape index (κ1) is 20.1. The van der Waals surface area contributed by atoms with Gasteiger partial charge in [-0.05, 0) is 49.8 Å². The summed E-state index contributed by atoms with van der Waals surface area (Å²) in [6.07, 6.45) is 2.91. The summed E-state index contributed by atoms with van der Waals surface area (Å²) in [5.74, 6) is -0.268. The Labute approximate surface area is 171 Å². The molecule has 0 bridgehead atoms. The molecule has 2 N–H and O–H groups in total. The topological polar surface area (TPSA) is 91.5 Å². The van der Waals surface area contributed by atoms with Crippen molar-refractivity contribution in [3.05, 3.63) is 52.3 Å². The number of carbonyl (C=O) groups excluding carboxylic acids is 1. The first-order chi connectivity index (χ1) is 13.9. The first-order valence-electron chi connectivity index (χ1n) is 10.1. The zero-order valence-corrected chi connectivity index (χ0v) is 17.6. The molecule has 2 heterocycles. The van der Waals surface area contributed by atoms with Gasteiger partial charge >= 0.3 is 0 Å². The van der Waals surface area contributed by atoms with Crippen LogP contribution in [0.1, 0.15) is 51.8 Å². The lowest BCUT2D eigenvalue weighted by atomic mass is 9.87. The molecule has 1 amide bonds. The number of benzene rings is 1. The van der Waals surface area contributed by atoms with Crippen LogP contribution in [-0.2, 0) is 21.2 Å². The fourth-order valence-corrected chi connectivity index (χ4v) is 6.21. The second-order valence-electron chi connectivity index (χ2n) is 7.71. The van der Waals surface area contributed by atoms with E-state index in [-0.39, 0.29) is 16.8 Å². The van der Waals surface area contributed by atoms with Crippen LogP contribution in [0.2, 0.25) is 0 Å². The van der Waals surface area contributed by atoms with Gasteiger partial charge in [0.05, 0.1) is 19.3 Å². The molecule has 0 saturated carbocycles. The monoisotopic (exact) mass is 417 g/mol. The molecule has 0 unspecified atom stereocenters. The summed E-state index contributed by atoms with van der Waals surface area (Å²) >= 11 is 0. The van der Waals surface area contributed by atoms with Gasteiger partial charge in [0.15, 0.2) is 0 Å². The van der Waals surface area contributed by atoms with Gasteiger partial charge in [0.2, 0.25) is 10.0 Å². The molecular weight excluding hydrogens is 390 g/mol. The van der Waals surface area contributed by atoms with Crippen LogP contribution in [0, 0.1) is 13.8 Å². The molecule has 8 heteroatoms. The summed E-state index contributed by atoms with van der Waals surface area (Å²) in [5, 5.41) is 3.11. The molecule has 1 saturated heterocycles. The quantitative estimate of drug-likeness (QED) is 0.799. The number of morpholine rings is 1. The Hall–Kier alpha value is -2.16. The van der Waals surface area contributed by atoms with E-state index in [0.717, 1.165) is 24.8 Å². The molecule has 156 valence electrons. The van der Waals surface area contributed by atoms with Crippen molar-refractivity contribution in [2.75, 3.05) is 26.3 Å². The van der Waals surface area contributed by atoms with Crippen molar-refractivity contribution in [3.8, 4) is 0 Å². The standard InChI is InChI=1S/C21H27N3O4S/c1-14-19(21(25)23-18-9-5-7-16-6-3-4-8-17(16)18)22-15(2)20(14)29(26,27)24-10-12-28-13-11-24/h3-4,6,8,18,22H,5,7,9-13H2,1-2H3,(H,23,25)/t18-/m1/s1. The van der Waals surface area contributed by atoms with E-state index >= 15 is 0 Å². The number of rotatable bonds is 4. The van der Waals surface area contributed by atoms with E-state index in [1.54, 1.807) is 13.8 Å². The van der Waals surface area contributed by atoms with Gasteiger partial charge in [0.25, 0.3) is 5.91 Å². The number of nitrogens with one attached hydrogen (secondary N) is 2. The van der Waals surface area contributed by atoms with E-state index in [0.29, 0.717) is 43.3 Å². The van der Waals surface area contributed by atoms with E-state index < -0.39 is 10.0 Å². The minimum atomic E-state index is -3.68. The van der Waals surface area contributed by atoms with Gasteiger partial charge in [-0.15, -0.1) is 0 Å². The zero-order chi connectivity index (χ0) is 20.6. The highest BCUT2D eigenvalue weighted by atomic mass is 32.2. The van der Waals surface area contributed by atoms with Crippen molar-refractivity contribution in [2.45, 2.75) is 44.0 Å². The van der Waals surface area contributed by atoms with Crippen LogP contribution in [0.5, 0.6) is 0 Å². The van der Waals surface area contributed by atoms with Crippen molar-refractivity contribution >= 4 is 15.9 Å². The average molecular weight is 418 g/mol. The molecule has 1 fully saturated rings. The third-order valence-electron chi connectivity index (χ3n) is 5.84. The van der Waals surface area contributed by atoms with E-state index in [9.17, 15) is 13.2 Å². The van der Waals surface area contributed by atoms with Crippen molar-refractivity contribution < 1.29 is 17.9 Å². The maximum Gasteiger partial charge on any atom is 0.268 e. The maximum absolute atomic E-state index is 13.1. The Morgan fingerprint density at radius 1 is 1.21 bits per heavy atom. The second kappa shape index (κ2) is 7.93. The molecule has 2 aliphatic rings. The number of hydrogen-bond acceptors (Lipinski definition) is 4. The number of aryl methyl sites for hydroxylation is 2. The van der Waals surface area contributed by atoms with E-state index in [2.05, 4.69) is 22.4 Å². The fraction of sp³-hybridized carbons (Fsp3) is 0.476. The van der Waals surface area contributed by atoms with E-state index in [4.69, 9.17) is 4.74 Å². The molecule has 1 aromatic carbocycles. The summed E-state index contributed by atoms with van der Waals surface area (Å²) in [7, 11) is -3.68. The van der Waals surface area contributed by atoms with Gasteiger partial charge in [-0.25, -0.2) is 8.42 Å². The third kappa shape index (κ3) is 3.72. The molecule has 0 radical (unpaired) electrons. The molecule has 2 aromatic rings. The molecule has 7 nitrogen and oxygen atoms in total. The highest BCUT2D eigenvalue weighted by molar-refractivity contribution is 7.89. The van der Waals surface area contributed by atoms with Gasteiger partial charge in [0.1, 0.15) is 10.6 Å². The van der Waals surface area contributed by atoms with Gasteiger partial charge in [-0.1, -0.05) is 24.3 Å². The zero-order valence-electron chi connectivity index (χ0n) is 16.8. The lowest BCUT2D eigenvalue weighted by Gasteiger charge is -2.26. The SMILES string of the molecule is Cc1[nH]c(C(=O)N[C@@H]2CCCc3ccccc32)c(C)c1S(=O)(=O)N1CCOCC1. The van der Waals surface area contributed by atoms with Gasteiger partial charge in [-0.3, -0.25) is 4.79 Å². The van der Waals surface area contributed by atoms with Crippen molar-refractivity contribution in [2.24, 2.45) is 0 Å². The smallest absolute Gasteiger partial charge is 0.268 e. The summed E-state index contributed by atoms with van der Waals surface area (Å²) in [6.45, 7) is 4.82. The van der Waals surface area contributed by atoms with E-state index in [1.165, 1.54) is 9.87 Å². The number of carbonyl (C=O) groups is 1. The van der Waals surface area contributed by atoms with Crippen LogP contribution in [0.15, 0.2) is 29.2 Å². The van der Waals surface area contributed by atoms with Gasteiger partial charge in [0, 0.05) is 18.8 Å². The van der Waals surface area contributed by atoms with E-state index in [1.807, 2.05) is 12.1 Å². The molecule has 1 aliphatic heterocycles. The molecule has 29 heavy (non-hydrogen) atoms. The number of fused-ring (bicyclic) bond motifs is 1. The molecule has 1 atom stereocenters. The Bertz CT molecular complexity index is 1020. The fourth-order valence-electron chi connectivity index (χ4n) is 4.40. The van der Waals surface area contributed by atoms with Gasteiger partial charge in [-0.2, -0.15) is 4.31 Å². The van der Waals surface area contributed by atoms with Crippen LogP contribution in [0.25, 0.3) is 0 Å². The van der Waals surface area contributed by atoms with Crippen LogP contribution >= 0.6 is 0 Å². The lowest BCUT2D eigenvalue weighted by Crippen LogP contribution is -2.41. The Kier molecular flexibility index (Phi) is 5.50. The highest BCUT2D eigenvalue weighted by Gasteiger charge is 2.33. The minimum absolute atomic E-state index is 0.0604. The summed E-state index contributed by atoms with van der Waals surface area (Å²) in [5.41, 5.74) is 3.68. The second-order valence-corrected chi connectivity index (χ2v) is 9.59. The summed E-state index contributed by atoms with van der Waals surface area (Å²) < 4.78 is 33.0. The maximum atomic E-state index is 13.1. The predicted octanol–water partition coefficient (Wildman–Crippen LogP) is 2.46. The molecule has 1 aromatic heterocycles. The number of ether oxygens (including phenoxy) is 1. The minimum Gasteiger partial charge on any atom is -0.379 e. The molecule has 0 spiro atoms. The van der Waals surface area contributed by atoms with Crippen molar-refractivity contribution in [1.29, 1.82) is 0 Å². The van der Waals surface area contributed by atoms with Crippen LogP contribution in [-0.4, -0.2) is 49.9 Å². The third-order valence-corrected chi connectivity index (χ3v) is 8.01. The van der Waals surface area contributed by atoms with Gasteiger partial charge < -0.3 is 15.0 Å². The Balaban J connectivity index is 1.60. The first-order valence-corrected chi connectivity index (χ1v) is 11.5. The summed E-state index contributed by atoms with van der Waals surface area (Å²) in [6, 6.07) is 8.10. The Morgan fingerprint density at radius 2 is 1.93 bits per heavy atom. The largest absolute Gasteiger partial charge is 0.379 e. The normalized spacial score (nSPS) is 20.3. The molecular formula is C21H27N3O4S. The number of hydrogen-bond donors (Lipinski definition) is 2. The highest BCUT2D eigenvalue weighted by Crippen LogP contribution is 2.31. The van der Waals surface area contributed by atoms with Crippen LogP contribution in [0.4, 0.5) is 0 Å².